The third-order valence-corrected chi connectivity index (χ3v) is 11.8. The quantitative estimate of drug-likeness (QED) is 0.0153. The third-order valence-electron chi connectivity index (χ3n) is 10.8. The maximum atomic E-state index is 12.7. The van der Waals surface area contributed by atoms with Crippen LogP contribution in [0.4, 0.5) is 0 Å². The number of hydrogen-bond acceptors (Lipinski definition) is 8. The molecule has 10 nitrogen and oxygen atoms in total. The fraction of sp³-hybridized carbons (Fsp3) is 0.840. The summed E-state index contributed by atoms with van der Waals surface area (Å²) >= 11 is 0. The third kappa shape index (κ3) is 46.0. The van der Waals surface area contributed by atoms with E-state index >= 15 is 0 Å². The molecule has 0 saturated carbocycles. The van der Waals surface area contributed by atoms with Gasteiger partial charge >= 0.3 is 19.8 Å². The predicted octanol–water partition coefficient (Wildman–Crippen LogP) is 13.4. The van der Waals surface area contributed by atoms with E-state index in [1.807, 2.05) is 39.4 Å². The molecule has 0 aromatic carbocycles. The number of aliphatic hydroxyl groups is 1. The van der Waals surface area contributed by atoms with E-state index in [9.17, 15) is 24.2 Å². The second kappa shape index (κ2) is 42.2. The van der Waals surface area contributed by atoms with Crippen molar-refractivity contribution in [2.45, 2.75) is 225 Å². The topological polar surface area (TPSA) is 129 Å². The van der Waals surface area contributed by atoms with E-state index in [-0.39, 0.29) is 32.0 Å². The van der Waals surface area contributed by atoms with Gasteiger partial charge in [-0.2, -0.15) is 0 Å². The van der Waals surface area contributed by atoms with Crippen molar-refractivity contribution in [3.05, 3.63) is 36.5 Å². The molecule has 358 valence electrons. The number of carbonyl (C=O) groups is 2. The fourth-order valence-corrected chi connectivity index (χ4v) is 7.65. The standard InChI is InChI=1S/C50H94NO9P/c1-6-8-10-12-14-15-16-17-18-19-20-21-22-23-24-25-26-27-29-33-37-41-49(53)57-45-48(46-59-61(55,56)58-44-43-51(3,4)5)60-50(54)42-38-34-30-32-36-40-47(52)39-35-31-28-13-11-9-7-2/h9,11,28,31,35,39,47-48,52H,6-8,10,12-27,29-30,32-34,36-38,40-46H2,1-5H3/p+1/b11-9+,31-28+,39-35+/t47?,48-/m1/s1. The summed E-state index contributed by atoms with van der Waals surface area (Å²) in [4.78, 5) is 35.5. The summed E-state index contributed by atoms with van der Waals surface area (Å²) in [7, 11) is 1.42. The van der Waals surface area contributed by atoms with Crippen LogP contribution in [0.2, 0.25) is 0 Å². The van der Waals surface area contributed by atoms with Crippen LogP contribution in [0.25, 0.3) is 0 Å². The van der Waals surface area contributed by atoms with Crippen molar-refractivity contribution < 1.29 is 47.2 Å². The molecule has 0 aromatic heterocycles. The van der Waals surface area contributed by atoms with Gasteiger partial charge in [-0.1, -0.05) is 204 Å². The number of rotatable bonds is 45. The van der Waals surface area contributed by atoms with Gasteiger partial charge in [-0.3, -0.25) is 18.6 Å². The lowest BCUT2D eigenvalue weighted by Gasteiger charge is -2.24. The van der Waals surface area contributed by atoms with E-state index in [0.717, 1.165) is 57.8 Å². The van der Waals surface area contributed by atoms with Crippen LogP contribution in [0, 0.1) is 0 Å². The molecule has 0 bridgehead atoms. The first kappa shape index (κ1) is 59.2. The van der Waals surface area contributed by atoms with Crippen LogP contribution in [0.15, 0.2) is 36.5 Å². The molecule has 61 heavy (non-hydrogen) atoms. The second-order valence-corrected chi connectivity index (χ2v) is 19.5. The fourth-order valence-electron chi connectivity index (χ4n) is 6.91. The van der Waals surface area contributed by atoms with Gasteiger partial charge < -0.3 is 24.0 Å². The minimum absolute atomic E-state index is 0.0143. The van der Waals surface area contributed by atoms with Gasteiger partial charge in [0.25, 0.3) is 0 Å². The van der Waals surface area contributed by atoms with Crippen LogP contribution in [0.5, 0.6) is 0 Å². The molecule has 2 unspecified atom stereocenters. The number of phosphoric acid groups is 1. The number of unbranched alkanes of at least 4 members (excludes halogenated alkanes) is 24. The Morgan fingerprint density at radius 2 is 1.07 bits per heavy atom. The minimum atomic E-state index is -4.40. The van der Waals surface area contributed by atoms with Crippen molar-refractivity contribution in [1.82, 2.24) is 0 Å². The number of ether oxygens (including phenoxy) is 2. The Kier molecular flexibility index (Phi) is 40.9. The molecule has 0 saturated heterocycles. The zero-order valence-electron chi connectivity index (χ0n) is 40.0. The number of quaternary nitrogens is 1. The van der Waals surface area contributed by atoms with Gasteiger partial charge in [0, 0.05) is 12.8 Å². The molecule has 0 fully saturated rings. The van der Waals surface area contributed by atoms with Gasteiger partial charge in [0.15, 0.2) is 6.10 Å². The smallest absolute Gasteiger partial charge is 0.462 e. The number of esters is 2. The number of likely N-dealkylation sites (N-methyl/N-ethyl adjacent to an activating group) is 1. The highest BCUT2D eigenvalue weighted by molar-refractivity contribution is 7.47. The van der Waals surface area contributed by atoms with Gasteiger partial charge in [-0.05, 0) is 32.1 Å². The van der Waals surface area contributed by atoms with Crippen molar-refractivity contribution in [2.75, 3.05) is 47.5 Å². The molecule has 0 rings (SSSR count). The number of aliphatic hydroxyl groups excluding tert-OH is 1. The normalized spacial score (nSPS) is 14.3. The lowest BCUT2D eigenvalue weighted by atomic mass is 10.0. The Balaban J connectivity index is 4.29. The van der Waals surface area contributed by atoms with E-state index in [4.69, 9.17) is 18.5 Å². The Labute approximate surface area is 374 Å². The van der Waals surface area contributed by atoms with E-state index < -0.39 is 32.6 Å². The van der Waals surface area contributed by atoms with Crippen LogP contribution < -0.4 is 0 Å². The van der Waals surface area contributed by atoms with Gasteiger partial charge in [-0.15, -0.1) is 0 Å². The van der Waals surface area contributed by atoms with Crippen LogP contribution in [-0.4, -0.2) is 86.1 Å². The molecule has 0 heterocycles. The first-order valence-electron chi connectivity index (χ1n) is 24.8. The monoisotopic (exact) mass is 885 g/mol. The van der Waals surface area contributed by atoms with Crippen LogP contribution in [0.1, 0.15) is 213 Å². The Hall–Kier alpha value is -1.81. The van der Waals surface area contributed by atoms with Crippen LogP contribution in [-0.2, 0) is 32.7 Å². The highest BCUT2D eigenvalue weighted by atomic mass is 31.2. The molecule has 11 heteroatoms. The Morgan fingerprint density at radius 3 is 1.56 bits per heavy atom. The molecule has 0 aliphatic rings. The number of hydrogen-bond donors (Lipinski definition) is 2. The molecular weight excluding hydrogens is 790 g/mol. The zero-order valence-corrected chi connectivity index (χ0v) is 40.9. The summed E-state index contributed by atoms with van der Waals surface area (Å²) in [6.45, 7) is 4.21. The van der Waals surface area contributed by atoms with Crippen LogP contribution in [0.3, 0.4) is 0 Å². The summed E-state index contributed by atoms with van der Waals surface area (Å²) in [5.41, 5.74) is 0. The second-order valence-electron chi connectivity index (χ2n) is 18.0. The molecule has 0 aliphatic carbocycles. The molecule has 3 atom stereocenters. The minimum Gasteiger partial charge on any atom is -0.462 e. The Bertz CT molecular complexity index is 1150. The lowest BCUT2D eigenvalue weighted by molar-refractivity contribution is -0.870. The highest BCUT2D eigenvalue weighted by Gasteiger charge is 2.27. The first-order chi connectivity index (χ1) is 29.4. The van der Waals surface area contributed by atoms with Gasteiger partial charge in [0.05, 0.1) is 33.9 Å². The van der Waals surface area contributed by atoms with Crippen LogP contribution >= 0.6 is 7.82 Å². The van der Waals surface area contributed by atoms with E-state index in [1.165, 1.54) is 116 Å². The SMILES string of the molecule is CC/C=C/C/C=C/C=C/C(O)CCCCCCCC(=O)O[C@H](COC(=O)CCCCCCCCCCCCCCCCCCCCCCC)COP(=O)(O)OCC[N+](C)(C)C. The molecule has 0 amide bonds. The molecule has 0 radical (unpaired) electrons. The summed E-state index contributed by atoms with van der Waals surface area (Å²) in [6, 6.07) is 0. The Morgan fingerprint density at radius 1 is 0.590 bits per heavy atom. The molecule has 2 N–H and O–H groups in total. The van der Waals surface area contributed by atoms with Gasteiger partial charge in [0.2, 0.25) is 0 Å². The largest absolute Gasteiger partial charge is 0.472 e. The molecule has 0 aromatic rings. The highest BCUT2D eigenvalue weighted by Crippen LogP contribution is 2.43. The van der Waals surface area contributed by atoms with E-state index in [0.29, 0.717) is 23.9 Å². The van der Waals surface area contributed by atoms with Crippen molar-refractivity contribution in [3.63, 3.8) is 0 Å². The van der Waals surface area contributed by atoms with E-state index in [2.05, 4.69) is 32.1 Å². The summed E-state index contributed by atoms with van der Waals surface area (Å²) in [5, 5.41) is 10.2. The molecule has 0 aliphatic heterocycles. The average molecular weight is 885 g/mol. The lowest BCUT2D eigenvalue weighted by Crippen LogP contribution is -2.37. The molecular formula is C50H95NO9P+. The number of nitrogens with zero attached hydrogens (tertiary/aromatic N) is 1. The van der Waals surface area contributed by atoms with Crippen molar-refractivity contribution >= 4 is 19.8 Å². The number of phosphoric ester groups is 1. The molecule has 0 spiro atoms. The zero-order chi connectivity index (χ0) is 45.1. The number of carbonyl (C=O) groups excluding carboxylic acids is 2. The van der Waals surface area contributed by atoms with E-state index in [1.54, 1.807) is 0 Å². The average Bonchev–Trinajstić information content (AvgIpc) is 3.21. The summed E-state index contributed by atoms with van der Waals surface area (Å²) < 4.78 is 34.3. The maximum absolute atomic E-state index is 12.7. The first-order valence-corrected chi connectivity index (χ1v) is 26.3. The summed E-state index contributed by atoms with van der Waals surface area (Å²) in [6.07, 6.45) is 45.0. The van der Waals surface area contributed by atoms with Crippen molar-refractivity contribution in [2.24, 2.45) is 0 Å². The van der Waals surface area contributed by atoms with Crippen molar-refractivity contribution in [3.8, 4) is 0 Å². The van der Waals surface area contributed by atoms with Crippen molar-refractivity contribution in [1.29, 1.82) is 0 Å². The number of allylic oxidation sites excluding steroid dienone is 5. The van der Waals surface area contributed by atoms with Gasteiger partial charge in [0.1, 0.15) is 19.8 Å². The predicted molar refractivity (Wildman–Crippen MR) is 253 cm³/mol. The maximum Gasteiger partial charge on any atom is 0.472 e. The summed E-state index contributed by atoms with van der Waals surface area (Å²) in [5.74, 6) is -0.867. The van der Waals surface area contributed by atoms with Gasteiger partial charge in [-0.25, -0.2) is 4.57 Å².